The number of aromatic nitrogens is 3. The van der Waals surface area contributed by atoms with Gasteiger partial charge in [0, 0.05) is 18.3 Å². The summed E-state index contributed by atoms with van der Waals surface area (Å²) in [6.45, 7) is 6.23. The minimum atomic E-state index is -4.67. The Morgan fingerprint density at radius 2 is 1.80 bits per heavy atom. The SMILES string of the molecule is CCOc1ccccc1OC1CCCN(c2nc(Nc3cccc(-c4cccc(CC(C)(C)C(=O)O)c4)n3)ncc2C(F)(F)F)C1. The van der Waals surface area contributed by atoms with Gasteiger partial charge in [-0.1, -0.05) is 36.4 Å². The quantitative estimate of drug-likeness (QED) is 0.174. The summed E-state index contributed by atoms with van der Waals surface area (Å²) in [5, 5.41) is 12.5. The topological polar surface area (TPSA) is 110 Å². The number of nitrogens with zero attached hydrogens (tertiary/aromatic N) is 4. The van der Waals surface area contributed by atoms with Crippen molar-refractivity contribution in [3.8, 4) is 22.8 Å². The summed E-state index contributed by atoms with van der Waals surface area (Å²) in [6, 6.07) is 19.9. The molecule has 2 N–H and O–H groups in total. The van der Waals surface area contributed by atoms with Crippen LogP contribution >= 0.6 is 0 Å². The number of carboxylic acids is 1. The van der Waals surface area contributed by atoms with Gasteiger partial charge in [0.2, 0.25) is 5.95 Å². The molecule has 4 aromatic rings. The van der Waals surface area contributed by atoms with Crippen molar-refractivity contribution in [1.82, 2.24) is 15.0 Å². The molecule has 1 unspecified atom stereocenters. The summed E-state index contributed by atoms with van der Waals surface area (Å²) in [6.07, 6.45) is -2.65. The lowest BCUT2D eigenvalue weighted by molar-refractivity contribution is -0.146. The van der Waals surface area contributed by atoms with Crippen LogP contribution in [0.4, 0.5) is 30.8 Å². The lowest BCUT2D eigenvalue weighted by atomic mass is 9.85. The first-order valence-corrected chi connectivity index (χ1v) is 15.1. The Bertz CT molecular complexity index is 1680. The van der Waals surface area contributed by atoms with E-state index in [-0.39, 0.29) is 24.4 Å². The maximum absolute atomic E-state index is 14.1. The number of hydrogen-bond acceptors (Lipinski definition) is 8. The Labute approximate surface area is 265 Å². The molecule has 0 saturated carbocycles. The van der Waals surface area contributed by atoms with Gasteiger partial charge in [-0.3, -0.25) is 4.79 Å². The van der Waals surface area contributed by atoms with Crippen LogP contribution in [0.15, 0.2) is 72.9 Å². The molecule has 0 amide bonds. The van der Waals surface area contributed by atoms with Gasteiger partial charge in [0.25, 0.3) is 0 Å². The Morgan fingerprint density at radius 3 is 2.54 bits per heavy atom. The molecule has 0 aliphatic carbocycles. The summed E-state index contributed by atoms with van der Waals surface area (Å²) in [7, 11) is 0. The fourth-order valence-electron chi connectivity index (χ4n) is 5.31. The average Bonchev–Trinajstić information content (AvgIpc) is 3.02. The largest absolute Gasteiger partial charge is 0.490 e. The van der Waals surface area contributed by atoms with Crippen molar-refractivity contribution in [2.24, 2.45) is 5.41 Å². The van der Waals surface area contributed by atoms with Gasteiger partial charge in [0.15, 0.2) is 11.5 Å². The second-order valence-corrected chi connectivity index (χ2v) is 11.7. The number of halogens is 3. The molecule has 1 atom stereocenters. The van der Waals surface area contributed by atoms with Crippen molar-refractivity contribution < 1.29 is 32.5 Å². The number of alkyl halides is 3. The molecular formula is C34H36F3N5O4. The molecular weight excluding hydrogens is 599 g/mol. The van der Waals surface area contributed by atoms with Gasteiger partial charge < -0.3 is 24.8 Å². The zero-order valence-corrected chi connectivity index (χ0v) is 25.8. The van der Waals surface area contributed by atoms with E-state index in [0.29, 0.717) is 55.4 Å². The second-order valence-electron chi connectivity index (χ2n) is 11.7. The first-order valence-electron chi connectivity index (χ1n) is 15.1. The Hall–Kier alpha value is -4.87. The molecule has 242 valence electrons. The molecule has 1 fully saturated rings. The highest BCUT2D eigenvalue weighted by Crippen LogP contribution is 2.38. The predicted molar refractivity (Wildman–Crippen MR) is 169 cm³/mol. The molecule has 12 heteroatoms. The fraction of sp³-hybridized carbons (Fsp3) is 0.353. The molecule has 9 nitrogen and oxygen atoms in total. The van der Waals surface area contributed by atoms with Crippen LogP contribution in [0.25, 0.3) is 11.3 Å². The predicted octanol–water partition coefficient (Wildman–Crippen LogP) is 7.40. The highest BCUT2D eigenvalue weighted by molar-refractivity contribution is 5.74. The highest BCUT2D eigenvalue weighted by Gasteiger charge is 2.38. The number of ether oxygens (including phenoxy) is 2. The standard InChI is InChI=1S/C34H36F3N5O4/c1-4-45-27-14-5-6-15-28(27)46-24-12-9-17-42(21-24)30-25(34(35,36)37)20-38-32(41-30)40-29-16-8-13-26(39-29)23-11-7-10-22(18-23)19-33(2,3)31(43)44/h5-8,10-11,13-16,18,20,24H,4,9,12,17,19,21H2,1-3H3,(H,43,44)(H,38,39,40,41). The third-order valence-electron chi connectivity index (χ3n) is 7.63. The van der Waals surface area contributed by atoms with Crippen LogP contribution in [-0.2, 0) is 17.4 Å². The van der Waals surface area contributed by atoms with E-state index < -0.39 is 23.1 Å². The monoisotopic (exact) mass is 635 g/mol. The van der Waals surface area contributed by atoms with Crippen molar-refractivity contribution in [2.45, 2.75) is 52.3 Å². The maximum atomic E-state index is 14.1. The van der Waals surface area contributed by atoms with Crippen LogP contribution < -0.4 is 19.7 Å². The van der Waals surface area contributed by atoms with Crippen molar-refractivity contribution in [3.05, 3.63) is 84.1 Å². The zero-order valence-electron chi connectivity index (χ0n) is 25.8. The lowest BCUT2D eigenvalue weighted by Crippen LogP contribution is -2.42. The van der Waals surface area contributed by atoms with Crippen molar-refractivity contribution in [3.63, 3.8) is 0 Å². The molecule has 3 heterocycles. The Balaban J connectivity index is 1.37. The second kappa shape index (κ2) is 13.6. The number of hydrogen-bond donors (Lipinski definition) is 2. The first kappa shape index (κ1) is 32.5. The zero-order chi connectivity index (χ0) is 32.9. The van der Waals surface area contributed by atoms with E-state index in [0.717, 1.165) is 17.3 Å². The average molecular weight is 636 g/mol. The van der Waals surface area contributed by atoms with Crippen molar-refractivity contribution >= 4 is 23.6 Å². The first-order chi connectivity index (χ1) is 21.9. The molecule has 0 bridgehead atoms. The van der Waals surface area contributed by atoms with E-state index in [2.05, 4.69) is 20.3 Å². The summed E-state index contributed by atoms with van der Waals surface area (Å²) in [5.74, 6) is 0.303. The van der Waals surface area contributed by atoms with E-state index in [1.807, 2.05) is 43.3 Å². The summed E-state index contributed by atoms with van der Waals surface area (Å²) in [4.78, 5) is 26.1. The smallest absolute Gasteiger partial charge is 0.421 e. The lowest BCUT2D eigenvalue weighted by Gasteiger charge is -2.35. The summed E-state index contributed by atoms with van der Waals surface area (Å²) >= 11 is 0. The Morgan fingerprint density at radius 1 is 1.04 bits per heavy atom. The molecule has 1 aliphatic rings. The van der Waals surface area contributed by atoms with Crippen LogP contribution in [0.1, 0.15) is 44.7 Å². The minimum absolute atomic E-state index is 0.0330. The van der Waals surface area contributed by atoms with Crippen LogP contribution in [0.5, 0.6) is 11.5 Å². The van der Waals surface area contributed by atoms with Crippen LogP contribution in [-0.4, -0.2) is 51.8 Å². The van der Waals surface area contributed by atoms with Gasteiger partial charge in [-0.2, -0.15) is 18.2 Å². The fourth-order valence-corrected chi connectivity index (χ4v) is 5.31. The van der Waals surface area contributed by atoms with E-state index in [1.165, 1.54) is 0 Å². The van der Waals surface area contributed by atoms with E-state index in [1.54, 1.807) is 49.1 Å². The van der Waals surface area contributed by atoms with E-state index >= 15 is 0 Å². The number of carboxylic acid groups (broad SMARTS) is 1. The number of aliphatic carboxylic acids is 1. The number of para-hydroxylation sites is 2. The number of pyridine rings is 1. The van der Waals surface area contributed by atoms with Gasteiger partial charge in [-0.15, -0.1) is 0 Å². The molecule has 2 aromatic carbocycles. The number of benzene rings is 2. The number of anilines is 3. The summed E-state index contributed by atoms with van der Waals surface area (Å²) in [5.41, 5.74) is 0.320. The number of carbonyl (C=O) groups is 1. The molecule has 2 aromatic heterocycles. The molecule has 0 spiro atoms. The van der Waals surface area contributed by atoms with Crippen molar-refractivity contribution in [1.29, 1.82) is 0 Å². The number of rotatable bonds is 11. The number of piperidine rings is 1. The third-order valence-corrected chi connectivity index (χ3v) is 7.63. The third kappa shape index (κ3) is 7.85. The highest BCUT2D eigenvalue weighted by atomic mass is 19.4. The molecule has 5 rings (SSSR count). The van der Waals surface area contributed by atoms with Crippen molar-refractivity contribution in [2.75, 3.05) is 29.9 Å². The normalized spacial score (nSPS) is 15.3. The summed E-state index contributed by atoms with van der Waals surface area (Å²) < 4.78 is 54.3. The molecule has 1 saturated heterocycles. The van der Waals surface area contributed by atoms with Crippen LogP contribution in [0, 0.1) is 5.41 Å². The van der Waals surface area contributed by atoms with E-state index in [4.69, 9.17) is 9.47 Å². The van der Waals surface area contributed by atoms with Gasteiger partial charge in [-0.05, 0) is 75.9 Å². The molecule has 1 aliphatic heterocycles. The molecule has 0 radical (unpaired) electrons. The van der Waals surface area contributed by atoms with Gasteiger partial charge in [0.05, 0.1) is 24.3 Å². The van der Waals surface area contributed by atoms with Gasteiger partial charge in [-0.25, -0.2) is 9.97 Å². The minimum Gasteiger partial charge on any atom is -0.490 e. The van der Waals surface area contributed by atoms with Crippen LogP contribution in [0.2, 0.25) is 0 Å². The number of nitrogens with one attached hydrogen (secondary N) is 1. The van der Waals surface area contributed by atoms with Crippen LogP contribution in [0.3, 0.4) is 0 Å². The molecule has 46 heavy (non-hydrogen) atoms. The van der Waals surface area contributed by atoms with Gasteiger partial charge in [0.1, 0.15) is 23.3 Å². The Kier molecular flexibility index (Phi) is 9.64. The maximum Gasteiger partial charge on any atom is 0.421 e. The van der Waals surface area contributed by atoms with E-state index in [9.17, 15) is 23.1 Å². The van der Waals surface area contributed by atoms with Gasteiger partial charge >= 0.3 is 12.1 Å².